The quantitative estimate of drug-likeness (QED) is 0.202. The number of hydrogen-bond donors (Lipinski definition) is 2. The minimum atomic E-state index is -0.996. The van der Waals surface area contributed by atoms with Gasteiger partial charge in [-0.3, -0.25) is 0 Å². The van der Waals surface area contributed by atoms with Gasteiger partial charge in [-0.1, -0.05) is 57.2 Å². The molecule has 6 nitrogen and oxygen atoms in total. The maximum atomic E-state index is 11.1. The third-order valence-corrected chi connectivity index (χ3v) is 6.03. The summed E-state index contributed by atoms with van der Waals surface area (Å²) in [6.45, 7) is 3.44. The van der Waals surface area contributed by atoms with E-state index in [4.69, 9.17) is 14.6 Å². The van der Waals surface area contributed by atoms with Crippen molar-refractivity contribution in [1.29, 1.82) is 0 Å². The second-order valence-electron chi connectivity index (χ2n) is 8.64. The van der Waals surface area contributed by atoms with E-state index in [9.17, 15) is 9.90 Å². The normalized spacial score (nSPS) is 15.4. The molecule has 1 atom stereocenters. The highest BCUT2D eigenvalue weighted by molar-refractivity contribution is 5.85. The molecule has 1 heterocycles. The molecule has 0 aromatic heterocycles. The summed E-state index contributed by atoms with van der Waals surface area (Å²) < 4.78 is 11.3. The van der Waals surface area contributed by atoms with Crippen molar-refractivity contribution in [3.63, 3.8) is 0 Å². The van der Waals surface area contributed by atoms with E-state index in [1.807, 2.05) is 29.2 Å². The van der Waals surface area contributed by atoms with Crippen molar-refractivity contribution >= 4 is 18.4 Å². The Hall–Kier alpha value is -2.44. The molecule has 1 unspecified atom stereocenters. The van der Waals surface area contributed by atoms with Gasteiger partial charge in [0.05, 0.1) is 32.1 Å². The molecule has 1 aromatic rings. The highest BCUT2D eigenvalue weighted by Gasteiger charge is 2.23. The van der Waals surface area contributed by atoms with Crippen LogP contribution in [-0.2, 0) is 16.0 Å². The Morgan fingerprint density at radius 1 is 1.06 bits per heavy atom. The van der Waals surface area contributed by atoms with E-state index >= 15 is 0 Å². The number of ether oxygens (including phenoxy) is 2. The zero-order chi connectivity index (χ0) is 24.6. The van der Waals surface area contributed by atoms with Crippen molar-refractivity contribution in [1.82, 2.24) is 4.90 Å². The molecular formula is C28H42ClNO5. The van der Waals surface area contributed by atoms with Crippen LogP contribution in [0.4, 0.5) is 0 Å². The fraction of sp³-hybridized carbons (Fsp3) is 0.536. The first-order chi connectivity index (χ1) is 16.6. The Labute approximate surface area is 216 Å². The number of nitrogens with zero attached hydrogens (tertiary/aromatic N) is 1. The van der Waals surface area contributed by atoms with Crippen molar-refractivity contribution < 1.29 is 24.5 Å². The summed E-state index contributed by atoms with van der Waals surface area (Å²) in [5.41, 5.74) is 2.09. The fourth-order valence-corrected chi connectivity index (χ4v) is 4.04. The molecule has 0 amide bonds. The molecule has 0 saturated heterocycles. The van der Waals surface area contributed by atoms with Gasteiger partial charge in [0.25, 0.3) is 0 Å². The Morgan fingerprint density at radius 2 is 1.74 bits per heavy atom. The summed E-state index contributed by atoms with van der Waals surface area (Å²) in [6, 6.07) is 8.14. The number of hydrogen-bond acceptors (Lipinski definition) is 5. The molecule has 35 heavy (non-hydrogen) atoms. The zero-order valence-corrected chi connectivity index (χ0v) is 22.0. The number of halogens is 1. The maximum absolute atomic E-state index is 11.1. The van der Waals surface area contributed by atoms with Crippen molar-refractivity contribution in [2.75, 3.05) is 26.9 Å². The van der Waals surface area contributed by atoms with Crippen molar-refractivity contribution in [3.05, 3.63) is 65.6 Å². The SMILES string of the molecule is CCCCN1C(C=CC(=O)O)=C(OCCCCCCCCc2ccc(OC)cc2)C=CC1CO.Cl. The van der Waals surface area contributed by atoms with Gasteiger partial charge >= 0.3 is 5.97 Å². The van der Waals surface area contributed by atoms with Crippen molar-refractivity contribution in [2.24, 2.45) is 0 Å². The third-order valence-electron chi connectivity index (χ3n) is 6.03. The van der Waals surface area contributed by atoms with Gasteiger partial charge in [0, 0.05) is 12.6 Å². The second kappa shape index (κ2) is 17.9. The van der Waals surface area contributed by atoms with E-state index in [0.29, 0.717) is 12.4 Å². The summed E-state index contributed by atoms with van der Waals surface area (Å²) in [6.07, 6.45) is 16.5. The number of aliphatic hydroxyl groups excluding tert-OH is 1. The van der Waals surface area contributed by atoms with Gasteiger partial charge in [-0.25, -0.2) is 4.79 Å². The summed E-state index contributed by atoms with van der Waals surface area (Å²) in [5, 5.41) is 18.9. The molecular weight excluding hydrogens is 466 g/mol. The number of aryl methyl sites for hydroxylation is 1. The number of unbranched alkanes of at least 4 members (excludes halogenated alkanes) is 6. The largest absolute Gasteiger partial charge is 0.497 e. The molecule has 0 aliphatic carbocycles. The lowest BCUT2D eigenvalue weighted by atomic mass is 10.0. The number of carboxylic acids is 1. The maximum Gasteiger partial charge on any atom is 0.328 e. The third kappa shape index (κ3) is 11.2. The average Bonchev–Trinajstić information content (AvgIpc) is 2.85. The summed E-state index contributed by atoms with van der Waals surface area (Å²) in [7, 11) is 1.69. The first kappa shape index (κ1) is 30.6. The molecule has 0 bridgehead atoms. The van der Waals surface area contributed by atoms with Crippen LogP contribution < -0.4 is 4.74 Å². The monoisotopic (exact) mass is 507 g/mol. The minimum absolute atomic E-state index is 0. The van der Waals surface area contributed by atoms with Crippen LogP contribution in [0.5, 0.6) is 5.75 Å². The molecule has 0 fully saturated rings. The van der Waals surface area contributed by atoms with Gasteiger partial charge in [0.1, 0.15) is 11.5 Å². The molecule has 2 rings (SSSR count). The second-order valence-corrected chi connectivity index (χ2v) is 8.64. The summed E-state index contributed by atoms with van der Waals surface area (Å²) in [4.78, 5) is 13.1. The highest BCUT2D eigenvalue weighted by Crippen LogP contribution is 2.25. The molecule has 1 aromatic carbocycles. The number of rotatable bonds is 17. The predicted molar refractivity (Wildman–Crippen MR) is 143 cm³/mol. The van der Waals surface area contributed by atoms with Crippen molar-refractivity contribution in [2.45, 2.75) is 70.8 Å². The van der Waals surface area contributed by atoms with Crippen LogP contribution in [-0.4, -0.2) is 54.0 Å². The van der Waals surface area contributed by atoms with Crippen LogP contribution in [0.2, 0.25) is 0 Å². The number of carboxylic acid groups (broad SMARTS) is 1. The van der Waals surface area contributed by atoms with Crippen LogP contribution in [0.15, 0.2) is 60.0 Å². The lowest BCUT2D eigenvalue weighted by molar-refractivity contribution is -0.131. The molecule has 1 aliphatic rings. The molecule has 196 valence electrons. The molecule has 7 heteroatoms. The van der Waals surface area contributed by atoms with Crippen LogP contribution in [0.1, 0.15) is 63.9 Å². The first-order valence-corrected chi connectivity index (χ1v) is 12.6. The number of carbonyl (C=O) groups is 1. The lowest BCUT2D eigenvalue weighted by Crippen LogP contribution is -2.39. The smallest absolute Gasteiger partial charge is 0.328 e. The van der Waals surface area contributed by atoms with E-state index < -0.39 is 5.97 Å². The van der Waals surface area contributed by atoms with Crippen molar-refractivity contribution in [3.8, 4) is 5.75 Å². The van der Waals surface area contributed by atoms with E-state index in [0.717, 1.165) is 56.2 Å². The molecule has 0 saturated carbocycles. The van der Waals surface area contributed by atoms with E-state index in [2.05, 4.69) is 19.1 Å². The Kier molecular flexibility index (Phi) is 15.7. The Balaban J connectivity index is 0.00000612. The molecule has 0 spiro atoms. The van der Waals surface area contributed by atoms with Gasteiger partial charge in [-0.2, -0.15) is 0 Å². The van der Waals surface area contributed by atoms with Gasteiger partial charge in [0.15, 0.2) is 0 Å². The van der Waals surface area contributed by atoms with Gasteiger partial charge in [0.2, 0.25) is 0 Å². The van der Waals surface area contributed by atoms with Crippen LogP contribution in [0.3, 0.4) is 0 Å². The number of aliphatic hydroxyl groups is 1. The number of benzene rings is 1. The standard InChI is InChI=1S/C28H41NO5.ClH/c1-3-4-20-29-24(22-30)14-18-27(26(29)17-19-28(31)32)34-21-10-8-6-5-7-9-11-23-12-15-25(33-2)16-13-23;/h12-19,24,30H,3-11,20-22H2,1-2H3,(H,31,32);1H. The van der Waals surface area contributed by atoms with Gasteiger partial charge < -0.3 is 24.6 Å². The minimum Gasteiger partial charge on any atom is -0.497 e. The Bertz CT molecular complexity index is 819. The summed E-state index contributed by atoms with van der Waals surface area (Å²) in [5.74, 6) is 0.583. The number of methoxy groups -OCH3 is 1. The van der Waals surface area contributed by atoms with E-state index in [-0.39, 0.29) is 25.1 Å². The van der Waals surface area contributed by atoms with Crippen LogP contribution >= 0.6 is 12.4 Å². The van der Waals surface area contributed by atoms with E-state index in [1.165, 1.54) is 31.2 Å². The summed E-state index contributed by atoms with van der Waals surface area (Å²) >= 11 is 0. The average molecular weight is 508 g/mol. The number of allylic oxidation sites excluding steroid dienone is 2. The van der Waals surface area contributed by atoms with E-state index in [1.54, 1.807) is 13.2 Å². The Morgan fingerprint density at radius 3 is 2.37 bits per heavy atom. The lowest BCUT2D eigenvalue weighted by Gasteiger charge is -2.35. The van der Waals surface area contributed by atoms with Gasteiger partial charge in [-0.15, -0.1) is 12.4 Å². The first-order valence-electron chi connectivity index (χ1n) is 12.6. The highest BCUT2D eigenvalue weighted by atomic mass is 35.5. The molecule has 1 aliphatic heterocycles. The van der Waals surface area contributed by atoms with Crippen LogP contribution in [0.25, 0.3) is 0 Å². The number of aliphatic carboxylic acids is 1. The predicted octanol–water partition coefficient (Wildman–Crippen LogP) is 5.90. The van der Waals surface area contributed by atoms with Crippen LogP contribution in [0, 0.1) is 0 Å². The zero-order valence-electron chi connectivity index (χ0n) is 21.2. The molecule has 2 N–H and O–H groups in total. The fourth-order valence-electron chi connectivity index (χ4n) is 4.04. The molecule has 0 radical (unpaired) electrons. The van der Waals surface area contributed by atoms with Gasteiger partial charge in [-0.05, 0) is 55.5 Å². The topological polar surface area (TPSA) is 79.2 Å².